The molecule has 0 amide bonds. The number of cyclic esters (lactones) is 1. The van der Waals surface area contributed by atoms with Crippen LogP contribution in [0.5, 0.6) is 5.75 Å². The van der Waals surface area contributed by atoms with E-state index in [0.717, 1.165) is 12.2 Å². The Hall–Kier alpha value is -2.82. The van der Waals surface area contributed by atoms with Crippen LogP contribution in [0.15, 0.2) is 51.5 Å². The van der Waals surface area contributed by atoms with Gasteiger partial charge in [0.15, 0.2) is 5.70 Å². The lowest BCUT2D eigenvalue weighted by atomic mass is 10.2. The van der Waals surface area contributed by atoms with E-state index in [1.807, 2.05) is 24.3 Å². The second-order valence-corrected chi connectivity index (χ2v) is 6.10. The summed E-state index contributed by atoms with van der Waals surface area (Å²) in [5.41, 5.74) is 0.865. The fraction of sp³-hybridized carbons (Fsp3) is 0.263. The summed E-state index contributed by atoms with van der Waals surface area (Å²) in [6, 6.07) is 11.1. The SMILES string of the molecule is COc1ccccc1C1=N/C(=C/c2ccc([C@@H]3C[C@H]3C)o2)C(=O)O1. The Bertz CT molecular complexity index is 862. The number of rotatable bonds is 4. The molecule has 0 bridgehead atoms. The largest absolute Gasteiger partial charge is 0.496 e. The van der Waals surface area contributed by atoms with Gasteiger partial charge in [0.05, 0.1) is 12.7 Å². The molecular weight excluding hydrogens is 306 g/mol. The van der Waals surface area contributed by atoms with E-state index in [2.05, 4.69) is 11.9 Å². The number of furan rings is 1. The average Bonchev–Trinajstić information content (AvgIpc) is 2.98. The van der Waals surface area contributed by atoms with Crippen LogP contribution in [0.2, 0.25) is 0 Å². The minimum absolute atomic E-state index is 0.223. The van der Waals surface area contributed by atoms with Crippen molar-refractivity contribution in [2.24, 2.45) is 10.9 Å². The highest BCUT2D eigenvalue weighted by Gasteiger charge is 2.36. The van der Waals surface area contributed by atoms with Gasteiger partial charge in [0.1, 0.15) is 17.3 Å². The highest BCUT2D eigenvalue weighted by molar-refractivity contribution is 6.13. The van der Waals surface area contributed by atoms with E-state index in [-0.39, 0.29) is 11.6 Å². The third kappa shape index (κ3) is 2.62. The Morgan fingerprint density at radius 1 is 1.25 bits per heavy atom. The minimum atomic E-state index is -0.492. The molecule has 4 rings (SSSR count). The second kappa shape index (κ2) is 5.67. The van der Waals surface area contributed by atoms with Crippen molar-refractivity contribution in [1.29, 1.82) is 0 Å². The number of esters is 1. The summed E-state index contributed by atoms with van der Waals surface area (Å²) < 4.78 is 16.4. The summed E-state index contributed by atoms with van der Waals surface area (Å²) >= 11 is 0. The molecular formula is C19H17NO4. The average molecular weight is 323 g/mol. The highest BCUT2D eigenvalue weighted by atomic mass is 16.6. The molecule has 5 nitrogen and oxygen atoms in total. The van der Waals surface area contributed by atoms with Gasteiger partial charge >= 0.3 is 5.97 Å². The Balaban J connectivity index is 1.62. The molecule has 1 aromatic carbocycles. The van der Waals surface area contributed by atoms with Crippen molar-refractivity contribution in [2.45, 2.75) is 19.3 Å². The van der Waals surface area contributed by atoms with Crippen LogP contribution < -0.4 is 4.74 Å². The number of carbonyl (C=O) groups excluding carboxylic acids is 1. The zero-order valence-corrected chi connectivity index (χ0v) is 13.5. The zero-order valence-electron chi connectivity index (χ0n) is 13.5. The number of benzene rings is 1. The molecule has 0 N–H and O–H groups in total. The van der Waals surface area contributed by atoms with Gasteiger partial charge in [-0.3, -0.25) is 0 Å². The molecule has 1 saturated carbocycles. The first-order chi connectivity index (χ1) is 11.7. The van der Waals surface area contributed by atoms with Crippen molar-refractivity contribution in [1.82, 2.24) is 0 Å². The normalized spacial score (nSPS) is 24.0. The van der Waals surface area contributed by atoms with Crippen LogP contribution in [-0.2, 0) is 9.53 Å². The van der Waals surface area contributed by atoms with Crippen LogP contribution in [0.1, 0.15) is 36.3 Å². The van der Waals surface area contributed by atoms with Gasteiger partial charge in [-0.05, 0) is 36.6 Å². The quantitative estimate of drug-likeness (QED) is 0.635. The molecule has 0 unspecified atom stereocenters. The molecule has 2 heterocycles. The maximum Gasteiger partial charge on any atom is 0.363 e. The first kappa shape index (κ1) is 14.8. The Morgan fingerprint density at radius 2 is 2.04 bits per heavy atom. The van der Waals surface area contributed by atoms with Gasteiger partial charge in [0.25, 0.3) is 0 Å². The fourth-order valence-corrected chi connectivity index (χ4v) is 2.84. The molecule has 5 heteroatoms. The van der Waals surface area contributed by atoms with Crippen LogP contribution >= 0.6 is 0 Å². The van der Waals surface area contributed by atoms with Crippen molar-refractivity contribution in [3.05, 3.63) is 59.2 Å². The molecule has 2 aliphatic rings. The molecule has 1 aliphatic heterocycles. The number of aliphatic imine (C=N–C) groups is 1. The molecule has 1 aliphatic carbocycles. The van der Waals surface area contributed by atoms with E-state index in [1.54, 1.807) is 25.3 Å². The van der Waals surface area contributed by atoms with Crippen molar-refractivity contribution < 1.29 is 18.7 Å². The molecule has 2 aromatic rings. The van der Waals surface area contributed by atoms with Gasteiger partial charge in [0.2, 0.25) is 5.90 Å². The topological polar surface area (TPSA) is 61.0 Å². The van der Waals surface area contributed by atoms with E-state index in [9.17, 15) is 4.79 Å². The molecule has 2 atom stereocenters. The number of ether oxygens (including phenoxy) is 2. The first-order valence-electron chi connectivity index (χ1n) is 7.91. The first-order valence-corrected chi connectivity index (χ1v) is 7.91. The van der Waals surface area contributed by atoms with Crippen LogP contribution in [0.3, 0.4) is 0 Å². The monoisotopic (exact) mass is 323 g/mol. The highest BCUT2D eigenvalue weighted by Crippen LogP contribution is 2.47. The van der Waals surface area contributed by atoms with Gasteiger partial charge in [0, 0.05) is 12.0 Å². The zero-order chi connectivity index (χ0) is 16.7. The van der Waals surface area contributed by atoms with Gasteiger partial charge in [-0.1, -0.05) is 19.1 Å². The Morgan fingerprint density at radius 3 is 2.79 bits per heavy atom. The third-order valence-electron chi connectivity index (χ3n) is 4.36. The van der Waals surface area contributed by atoms with Crippen LogP contribution in [0, 0.1) is 5.92 Å². The van der Waals surface area contributed by atoms with Crippen molar-refractivity contribution in [2.75, 3.05) is 7.11 Å². The van der Waals surface area contributed by atoms with Crippen molar-refractivity contribution >= 4 is 17.9 Å². The van der Waals surface area contributed by atoms with Gasteiger partial charge in [-0.2, -0.15) is 0 Å². The van der Waals surface area contributed by atoms with Crippen molar-refractivity contribution in [3.63, 3.8) is 0 Å². The maximum atomic E-state index is 12.1. The number of para-hydroxylation sites is 1. The lowest BCUT2D eigenvalue weighted by molar-refractivity contribution is -0.129. The summed E-state index contributed by atoms with van der Waals surface area (Å²) in [7, 11) is 1.57. The lowest BCUT2D eigenvalue weighted by Gasteiger charge is -2.05. The summed E-state index contributed by atoms with van der Waals surface area (Å²) in [5.74, 6) is 3.10. The Labute approximate surface area is 139 Å². The predicted molar refractivity (Wildman–Crippen MR) is 88.8 cm³/mol. The molecule has 0 saturated heterocycles. The maximum absolute atomic E-state index is 12.1. The number of hydrogen-bond acceptors (Lipinski definition) is 5. The van der Waals surface area contributed by atoms with E-state index >= 15 is 0 Å². The second-order valence-electron chi connectivity index (χ2n) is 6.10. The molecule has 24 heavy (non-hydrogen) atoms. The lowest BCUT2D eigenvalue weighted by Crippen LogP contribution is -2.06. The van der Waals surface area contributed by atoms with Crippen molar-refractivity contribution in [3.8, 4) is 5.75 Å². The van der Waals surface area contributed by atoms with Crippen LogP contribution in [0.4, 0.5) is 0 Å². The Kier molecular flexibility index (Phi) is 3.49. The van der Waals surface area contributed by atoms with E-state index < -0.39 is 5.97 Å². The third-order valence-corrected chi connectivity index (χ3v) is 4.36. The fourth-order valence-electron chi connectivity index (χ4n) is 2.84. The predicted octanol–water partition coefficient (Wildman–Crippen LogP) is 3.76. The smallest absolute Gasteiger partial charge is 0.363 e. The summed E-state index contributed by atoms with van der Waals surface area (Å²) in [5, 5.41) is 0. The summed E-state index contributed by atoms with van der Waals surface area (Å²) in [6.07, 6.45) is 2.77. The number of hydrogen-bond donors (Lipinski definition) is 0. The number of methoxy groups -OCH3 is 1. The van der Waals surface area contributed by atoms with E-state index in [0.29, 0.717) is 28.9 Å². The number of carbonyl (C=O) groups is 1. The molecule has 1 fully saturated rings. The van der Waals surface area contributed by atoms with E-state index in [1.165, 1.54) is 0 Å². The van der Waals surface area contributed by atoms with Gasteiger partial charge in [-0.25, -0.2) is 9.79 Å². The summed E-state index contributed by atoms with van der Waals surface area (Å²) in [6.45, 7) is 2.20. The molecule has 1 aromatic heterocycles. The summed E-state index contributed by atoms with van der Waals surface area (Å²) in [4.78, 5) is 16.4. The number of nitrogens with zero attached hydrogens (tertiary/aromatic N) is 1. The molecule has 0 spiro atoms. The van der Waals surface area contributed by atoms with E-state index in [4.69, 9.17) is 13.9 Å². The standard InChI is InChI=1S/C19H17NO4/c1-11-9-14(11)17-8-7-12(23-17)10-15-19(21)24-18(20-15)13-5-3-4-6-16(13)22-2/h3-8,10-11,14H,9H2,1-2H3/b15-10+/t11-,14-/m1/s1. The van der Waals surface area contributed by atoms with Crippen LogP contribution in [-0.4, -0.2) is 19.0 Å². The minimum Gasteiger partial charge on any atom is -0.496 e. The van der Waals surface area contributed by atoms with Crippen LogP contribution in [0.25, 0.3) is 6.08 Å². The van der Waals surface area contributed by atoms with Gasteiger partial charge < -0.3 is 13.9 Å². The van der Waals surface area contributed by atoms with Gasteiger partial charge in [-0.15, -0.1) is 0 Å². The molecule has 122 valence electrons. The molecule has 0 radical (unpaired) electrons.